The SMILES string of the molecule is CCOc1cc(C2CC(=O)N(CC(=O)N(C)c3nc(C(C)C)ns3)C2)ccc1OC(F)F. The number of hydrogen-bond acceptors (Lipinski definition) is 7. The van der Waals surface area contributed by atoms with Crippen LogP contribution in [-0.2, 0) is 9.59 Å². The summed E-state index contributed by atoms with van der Waals surface area (Å²) in [5.41, 5.74) is 0.761. The minimum absolute atomic E-state index is 0.0543. The first-order valence-corrected chi connectivity index (χ1v) is 11.1. The zero-order chi connectivity index (χ0) is 23.4. The van der Waals surface area contributed by atoms with Crippen LogP contribution >= 0.6 is 11.5 Å². The van der Waals surface area contributed by atoms with Gasteiger partial charge >= 0.3 is 6.61 Å². The van der Waals surface area contributed by atoms with E-state index in [-0.39, 0.29) is 54.7 Å². The van der Waals surface area contributed by atoms with Gasteiger partial charge in [-0.2, -0.15) is 13.2 Å². The summed E-state index contributed by atoms with van der Waals surface area (Å²) in [4.78, 5) is 32.5. The molecular formula is C21H26F2N4O4S. The van der Waals surface area contributed by atoms with Crippen LogP contribution in [0.15, 0.2) is 18.2 Å². The molecule has 3 rings (SSSR count). The zero-order valence-corrected chi connectivity index (χ0v) is 19.2. The lowest BCUT2D eigenvalue weighted by Gasteiger charge is -2.20. The maximum atomic E-state index is 12.7. The van der Waals surface area contributed by atoms with E-state index in [1.54, 1.807) is 26.1 Å². The van der Waals surface area contributed by atoms with Crippen molar-refractivity contribution in [1.29, 1.82) is 0 Å². The van der Waals surface area contributed by atoms with Crippen LogP contribution in [0.5, 0.6) is 11.5 Å². The van der Waals surface area contributed by atoms with E-state index in [4.69, 9.17) is 4.74 Å². The number of amides is 2. The molecule has 0 aliphatic carbocycles. The van der Waals surface area contributed by atoms with E-state index in [0.29, 0.717) is 17.5 Å². The fourth-order valence-corrected chi connectivity index (χ4v) is 4.15. The number of likely N-dealkylation sites (tertiary alicyclic amines) is 1. The predicted molar refractivity (Wildman–Crippen MR) is 116 cm³/mol. The number of carbonyl (C=O) groups excluding carboxylic acids is 2. The molecule has 1 atom stereocenters. The van der Waals surface area contributed by atoms with Gasteiger partial charge in [-0.05, 0) is 24.6 Å². The molecule has 1 aliphatic heterocycles. The number of rotatable bonds is 9. The van der Waals surface area contributed by atoms with E-state index in [1.807, 2.05) is 13.8 Å². The normalized spacial score (nSPS) is 16.2. The van der Waals surface area contributed by atoms with Crippen LogP contribution < -0.4 is 14.4 Å². The number of carbonyl (C=O) groups is 2. The largest absolute Gasteiger partial charge is 0.490 e. The van der Waals surface area contributed by atoms with Gasteiger partial charge in [0, 0.05) is 43.4 Å². The number of nitrogens with zero attached hydrogens (tertiary/aromatic N) is 4. The molecule has 1 saturated heterocycles. The van der Waals surface area contributed by atoms with E-state index >= 15 is 0 Å². The maximum Gasteiger partial charge on any atom is 0.387 e. The van der Waals surface area contributed by atoms with E-state index in [1.165, 1.54) is 15.9 Å². The second-order valence-electron chi connectivity index (χ2n) is 7.74. The first kappa shape index (κ1) is 23.8. The molecule has 2 amide bonds. The lowest BCUT2D eigenvalue weighted by molar-refractivity contribution is -0.132. The fraction of sp³-hybridized carbons (Fsp3) is 0.524. The van der Waals surface area contributed by atoms with Gasteiger partial charge < -0.3 is 14.4 Å². The number of benzene rings is 1. The Morgan fingerprint density at radius 3 is 2.72 bits per heavy atom. The minimum Gasteiger partial charge on any atom is -0.490 e. The fourth-order valence-electron chi connectivity index (χ4n) is 3.36. The van der Waals surface area contributed by atoms with Crippen molar-refractivity contribution in [2.45, 2.75) is 45.6 Å². The number of alkyl halides is 2. The van der Waals surface area contributed by atoms with Gasteiger partial charge in [-0.1, -0.05) is 19.9 Å². The van der Waals surface area contributed by atoms with E-state index in [9.17, 15) is 18.4 Å². The van der Waals surface area contributed by atoms with Gasteiger partial charge in [0.15, 0.2) is 11.5 Å². The van der Waals surface area contributed by atoms with Crippen molar-refractivity contribution in [3.63, 3.8) is 0 Å². The summed E-state index contributed by atoms with van der Waals surface area (Å²) in [6.45, 7) is 3.27. The summed E-state index contributed by atoms with van der Waals surface area (Å²) in [5, 5.41) is 0.484. The Bertz CT molecular complexity index is 969. The quantitative estimate of drug-likeness (QED) is 0.559. The Kier molecular flexibility index (Phi) is 7.60. The maximum absolute atomic E-state index is 12.7. The number of hydrogen-bond donors (Lipinski definition) is 0. The van der Waals surface area contributed by atoms with Gasteiger partial charge in [0.05, 0.1) is 6.61 Å². The van der Waals surface area contributed by atoms with E-state index in [0.717, 1.165) is 17.1 Å². The Balaban J connectivity index is 1.67. The lowest BCUT2D eigenvalue weighted by Crippen LogP contribution is -2.39. The van der Waals surface area contributed by atoms with Crippen molar-refractivity contribution < 1.29 is 27.8 Å². The van der Waals surface area contributed by atoms with Crippen molar-refractivity contribution in [3.8, 4) is 11.5 Å². The Hall–Kier alpha value is -2.82. The minimum atomic E-state index is -2.96. The lowest BCUT2D eigenvalue weighted by atomic mass is 9.98. The smallest absolute Gasteiger partial charge is 0.387 e. The summed E-state index contributed by atoms with van der Waals surface area (Å²) in [5.74, 6) is 0.374. The van der Waals surface area contributed by atoms with Crippen LogP contribution in [0, 0.1) is 0 Å². The molecule has 0 bridgehead atoms. The monoisotopic (exact) mass is 468 g/mol. The third-order valence-corrected chi connectivity index (χ3v) is 5.91. The number of aromatic nitrogens is 2. The predicted octanol–water partition coefficient (Wildman–Crippen LogP) is 3.64. The average molecular weight is 469 g/mol. The second-order valence-corrected chi connectivity index (χ2v) is 8.47. The molecule has 1 fully saturated rings. The second kappa shape index (κ2) is 10.2. The molecule has 0 saturated carbocycles. The van der Waals surface area contributed by atoms with Crippen molar-refractivity contribution in [1.82, 2.24) is 14.3 Å². The van der Waals surface area contributed by atoms with Gasteiger partial charge in [-0.25, -0.2) is 4.98 Å². The average Bonchev–Trinajstić information content (AvgIpc) is 3.36. The Labute approximate surface area is 189 Å². The molecule has 32 heavy (non-hydrogen) atoms. The van der Waals surface area contributed by atoms with Crippen LogP contribution in [-0.4, -0.2) is 59.4 Å². The van der Waals surface area contributed by atoms with Crippen LogP contribution in [0.1, 0.15) is 50.4 Å². The van der Waals surface area contributed by atoms with Gasteiger partial charge in [-0.15, -0.1) is 0 Å². The van der Waals surface area contributed by atoms with E-state index in [2.05, 4.69) is 14.1 Å². The van der Waals surface area contributed by atoms with Gasteiger partial charge in [-0.3, -0.25) is 14.5 Å². The van der Waals surface area contributed by atoms with Crippen LogP contribution in [0.25, 0.3) is 0 Å². The van der Waals surface area contributed by atoms with Crippen molar-refractivity contribution >= 4 is 28.5 Å². The third kappa shape index (κ3) is 5.50. The van der Waals surface area contributed by atoms with Gasteiger partial charge in [0.1, 0.15) is 12.4 Å². The van der Waals surface area contributed by atoms with Gasteiger partial charge in [0.25, 0.3) is 0 Å². The highest BCUT2D eigenvalue weighted by Gasteiger charge is 2.33. The van der Waals surface area contributed by atoms with Crippen molar-refractivity contribution in [2.24, 2.45) is 0 Å². The molecule has 2 heterocycles. The third-order valence-electron chi connectivity index (χ3n) is 5.10. The molecule has 2 aromatic rings. The number of likely N-dealkylation sites (N-methyl/N-ethyl adjacent to an activating group) is 1. The number of halogens is 2. The summed E-state index contributed by atoms with van der Waals surface area (Å²) < 4.78 is 39.4. The first-order valence-electron chi connectivity index (χ1n) is 10.3. The molecule has 1 unspecified atom stereocenters. The van der Waals surface area contributed by atoms with E-state index < -0.39 is 6.61 Å². The van der Waals surface area contributed by atoms with Crippen molar-refractivity contribution in [2.75, 3.05) is 31.6 Å². The highest BCUT2D eigenvalue weighted by atomic mass is 32.1. The standard InChI is InChI=1S/C21H26F2N4O4S/c1-5-30-16-8-13(6-7-15(16)31-20(22)23)14-9-17(28)27(10-14)11-18(29)26(4)21-24-19(12(2)3)25-32-21/h6-8,12,14,20H,5,9-11H2,1-4H3. The zero-order valence-electron chi connectivity index (χ0n) is 18.4. The molecule has 11 heteroatoms. The highest BCUT2D eigenvalue weighted by molar-refractivity contribution is 7.09. The molecule has 1 aliphatic rings. The molecule has 174 valence electrons. The molecule has 1 aromatic carbocycles. The molecule has 8 nitrogen and oxygen atoms in total. The van der Waals surface area contributed by atoms with Crippen LogP contribution in [0.2, 0.25) is 0 Å². The topological polar surface area (TPSA) is 84.9 Å². The van der Waals surface area contributed by atoms with Gasteiger partial charge in [0.2, 0.25) is 16.9 Å². The summed E-state index contributed by atoms with van der Waals surface area (Å²) in [6, 6.07) is 4.68. The Morgan fingerprint density at radius 2 is 2.09 bits per heavy atom. The molecule has 0 spiro atoms. The summed E-state index contributed by atoms with van der Waals surface area (Å²) in [6.07, 6.45) is 0.216. The van der Waals surface area contributed by atoms with Crippen LogP contribution in [0.4, 0.5) is 13.9 Å². The number of anilines is 1. The number of ether oxygens (including phenoxy) is 2. The first-order chi connectivity index (χ1) is 15.2. The summed E-state index contributed by atoms with van der Waals surface area (Å²) in [7, 11) is 1.61. The molecule has 0 N–H and O–H groups in total. The molecular weight excluding hydrogens is 442 g/mol. The highest BCUT2D eigenvalue weighted by Crippen LogP contribution is 2.36. The van der Waals surface area contributed by atoms with Crippen LogP contribution in [0.3, 0.4) is 0 Å². The summed E-state index contributed by atoms with van der Waals surface area (Å²) >= 11 is 1.14. The molecule has 0 radical (unpaired) electrons. The molecule has 1 aromatic heterocycles. The Morgan fingerprint density at radius 1 is 1.34 bits per heavy atom. The van der Waals surface area contributed by atoms with Crippen molar-refractivity contribution in [3.05, 3.63) is 29.6 Å².